The summed E-state index contributed by atoms with van der Waals surface area (Å²) >= 11 is 3.40. The van der Waals surface area contributed by atoms with Crippen molar-refractivity contribution >= 4 is 33.8 Å². The number of halogens is 1. The minimum absolute atomic E-state index is 0.0306. The summed E-state index contributed by atoms with van der Waals surface area (Å²) in [5, 5.41) is 9.46. The molecule has 2 aromatic rings. The van der Waals surface area contributed by atoms with E-state index < -0.39 is 11.8 Å². The van der Waals surface area contributed by atoms with Gasteiger partial charge in [-0.1, -0.05) is 28.1 Å². The van der Waals surface area contributed by atoms with Gasteiger partial charge >= 0.3 is 0 Å². The van der Waals surface area contributed by atoms with Crippen LogP contribution in [0, 0.1) is 11.3 Å². The van der Waals surface area contributed by atoms with Crippen LogP contribution in [0.15, 0.2) is 62.0 Å². The van der Waals surface area contributed by atoms with Crippen LogP contribution in [-0.4, -0.2) is 36.5 Å². The second-order valence-electron chi connectivity index (χ2n) is 6.69. The summed E-state index contributed by atoms with van der Waals surface area (Å²) in [7, 11) is 0. The predicted molar refractivity (Wildman–Crippen MR) is 116 cm³/mol. The Hall–Kier alpha value is -2.95. The van der Waals surface area contributed by atoms with E-state index in [0.717, 1.165) is 14.9 Å². The maximum Gasteiger partial charge on any atom is 0.271 e. The third kappa shape index (κ3) is 4.61. The number of hydrogen-bond acceptors (Lipinski definition) is 5. The molecule has 0 saturated heterocycles. The fourth-order valence-electron chi connectivity index (χ4n) is 3.14. The number of nitrogens with zero attached hydrogens (tertiary/aromatic N) is 2. The van der Waals surface area contributed by atoms with E-state index in [1.807, 2.05) is 43.3 Å². The lowest BCUT2D eigenvalue weighted by Crippen LogP contribution is -2.43. The second-order valence-corrected chi connectivity index (χ2v) is 7.61. The lowest BCUT2D eigenvalue weighted by atomic mass is 9.94. The van der Waals surface area contributed by atoms with Crippen molar-refractivity contribution in [3.05, 3.63) is 63.4 Å². The lowest BCUT2D eigenvalue weighted by Gasteiger charge is -2.27. The molecule has 30 heavy (non-hydrogen) atoms. The molecule has 0 unspecified atom stereocenters. The highest BCUT2D eigenvalue weighted by atomic mass is 79.9. The third-order valence-corrected chi connectivity index (χ3v) is 5.27. The Balaban J connectivity index is 1.91. The molecule has 0 bridgehead atoms. The Morgan fingerprint density at radius 2 is 1.90 bits per heavy atom. The smallest absolute Gasteiger partial charge is 0.271 e. The Morgan fingerprint density at radius 1 is 1.17 bits per heavy atom. The van der Waals surface area contributed by atoms with Gasteiger partial charge in [0.2, 0.25) is 0 Å². The monoisotopic (exact) mass is 468 g/mol. The minimum atomic E-state index is -0.566. The van der Waals surface area contributed by atoms with Gasteiger partial charge in [0, 0.05) is 35.4 Å². The highest BCUT2D eigenvalue weighted by Crippen LogP contribution is 2.29. The molecule has 1 aliphatic heterocycles. The molecule has 0 N–H and O–H groups in total. The molecule has 2 amide bonds. The van der Waals surface area contributed by atoms with Crippen LogP contribution in [0.3, 0.4) is 0 Å². The summed E-state index contributed by atoms with van der Waals surface area (Å²) in [6, 6.07) is 13.2. The first-order valence-electron chi connectivity index (χ1n) is 9.59. The first-order valence-corrected chi connectivity index (χ1v) is 10.4. The van der Waals surface area contributed by atoms with E-state index in [1.54, 1.807) is 19.1 Å². The molecule has 1 aromatic heterocycles. The number of imide groups is 1. The Labute approximate surface area is 183 Å². The van der Waals surface area contributed by atoms with Crippen molar-refractivity contribution in [3.8, 4) is 17.4 Å². The number of carbonyl (C=O) groups excluding carboxylic acids is 2. The van der Waals surface area contributed by atoms with Crippen LogP contribution < -0.4 is 0 Å². The van der Waals surface area contributed by atoms with E-state index in [4.69, 9.17) is 9.15 Å². The van der Waals surface area contributed by atoms with Gasteiger partial charge in [-0.05, 0) is 56.2 Å². The van der Waals surface area contributed by atoms with E-state index >= 15 is 0 Å². The van der Waals surface area contributed by atoms with Crippen LogP contribution in [0.4, 0.5) is 0 Å². The maximum atomic E-state index is 13.0. The molecule has 154 valence electrons. The van der Waals surface area contributed by atoms with E-state index in [2.05, 4.69) is 15.9 Å². The number of benzene rings is 1. The predicted octanol–water partition coefficient (Wildman–Crippen LogP) is 4.73. The average Bonchev–Trinajstić information content (AvgIpc) is 3.20. The van der Waals surface area contributed by atoms with Gasteiger partial charge in [-0.25, -0.2) is 0 Å². The van der Waals surface area contributed by atoms with Crippen molar-refractivity contribution in [1.29, 1.82) is 5.26 Å². The molecule has 7 heteroatoms. The quantitative estimate of drug-likeness (QED) is 0.333. The van der Waals surface area contributed by atoms with Crippen molar-refractivity contribution in [2.75, 3.05) is 19.8 Å². The zero-order chi connectivity index (χ0) is 21.7. The Kier molecular flexibility index (Phi) is 7.03. The second kappa shape index (κ2) is 9.70. The molecule has 2 heterocycles. The molecule has 1 aromatic carbocycles. The van der Waals surface area contributed by atoms with Crippen molar-refractivity contribution in [2.24, 2.45) is 0 Å². The van der Waals surface area contributed by atoms with Gasteiger partial charge in [0.25, 0.3) is 11.8 Å². The van der Waals surface area contributed by atoms with Crippen LogP contribution in [0.5, 0.6) is 0 Å². The van der Waals surface area contributed by atoms with Crippen LogP contribution in [0.2, 0.25) is 0 Å². The standard InChI is InChI=1S/C23H21BrN2O4/c1-3-29-12-4-11-26-22(27)19(15(2)20(14-25)23(26)28)13-18-9-10-21(30-18)16-5-7-17(24)8-6-16/h5-10,13H,3-4,11-12H2,1-2H3/b19-13+. The van der Waals surface area contributed by atoms with Gasteiger partial charge in [0.05, 0.1) is 0 Å². The summed E-state index contributed by atoms with van der Waals surface area (Å²) in [4.78, 5) is 26.7. The molecule has 3 rings (SSSR count). The zero-order valence-electron chi connectivity index (χ0n) is 16.8. The first-order chi connectivity index (χ1) is 14.5. The largest absolute Gasteiger partial charge is 0.457 e. The van der Waals surface area contributed by atoms with Gasteiger partial charge in [-0.3, -0.25) is 14.5 Å². The highest BCUT2D eigenvalue weighted by molar-refractivity contribution is 9.10. The third-order valence-electron chi connectivity index (χ3n) is 4.74. The van der Waals surface area contributed by atoms with E-state index in [9.17, 15) is 14.9 Å². The number of carbonyl (C=O) groups is 2. The molecule has 0 fully saturated rings. The number of ether oxygens (including phenoxy) is 1. The van der Waals surface area contributed by atoms with Gasteiger partial charge in [-0.2, -0.15) is 5.26 Å². The Morgan fingerprint density at radius 3 is 2.57 bits per heavy atom. The summed E-state index contributed by atoms with van der Waals surface area (Å²) in [5.41, 5.74) is 1.50. The molecule has 0 radical (unpaired) electrons. The summed E-state index contributed by atoms with van der Waals surface area (Å²) < 4.78 is 12.1. The van der Waals surface area contributed by atoms with Crippen molar-refractivity contribution in [2.45, 2.75) is 20.3 Å². The number of furan rings is 1. The highest BCUT2D eigenvalue weighted by Gasteiger charge is 2.35. The fraction of sp³-hybridized carbons (Fsp3) is 0.261. The van der Waals surface area contributed by atoms with E-state index in [1.165, 1.54) is 0 Å². The topological polar surface area (TPSA) is 83.5 Å². The minimum Gasteiger partial charge on any atom is -0.457 e. The number of rotatable bonds is 7. The zero-order valence-corrected chi connectivity index (χ0v) is 18.4. The maximum absolute atomic E-state index is 13.0. The molecule has 0 saturated carbocycles. The van der Waals surface area contributed by atoms with Gasteiger partial charge in [0.1, 0.15) is 23.2 Å². The summed E-state index contributed by atoms with van der Waals surface area (Å²) in [6.07, 6.45) is 2.09. The molecule has 1 aliphatic rings. The molecule has 0 aliphatic carbocycles. The number of nitriles is 1. The van der Waals surface area contributed by atoms with E-state index in [0.29, 0.717) is 36.7 Å². The molecular formula is C23H21BrN2O4. The average molecular weight is 469 g/mol. The van der Waals surface area contributed by atoms with Gasteiger partial charge in [0.15, 0.2) is 0 Å². The van der Waals surface area contributed by atoms with Crippen LogP contribution in [0.1, 0.15) is 26.0 Å². The molecular weight excluding hydrogens is 448 g/mol. The lowest BCUT2D eigenvalue weighted by molar-refractivity contribution is -0.140. The molecule has 0 atom stereocenters. The van der Waals surface area contributed by atoms with Crippen molar-refractivity contribution < 1.29 is 18.7 Å². The van der Waals surface area contributed by atoms with Crippen LogP contribution >= 0.6 is 15.9 Å². The number of hydrogen-bond donors (Lipinski definition) is 0. The fourth-order valence-corrected chi connectivity index (χ4v) is 3.41. The Bertz CT molecular complexity index is 1060. The molecule has 6 nitrogen and oxygen atoms in total. The molecule has 0 spiro atoms. The van der Waals surface area contributed by atoms with Gasteiger partial charge < -0.3 is 9.15 Å². The number of amides is 2. The van der Waals surface area contributed by atoms with Gasteiger partial charge in [-0.15, -0.1) is 0 Å². The normalized spacial score (nSPS) is 15.8. The van der Waals surface area contributed by atoms with Crippen LogP contribution in [0.25, 0.3) is 17.4 Å². The SMILES string of the molecule is CCOCCCN1C(=O)C(C#N)=C(C)/C(=C\c2ccc(-c3ccc(Br)cc3)o2)C1=O. The first kappa shape index (κ1) is 21.8. The van der Waals surface area contributed by atoms with Crippen molar-refractivity contribution in [3.63, 3.8) is 0 Å². The van der Waals surface area contributed by atoms with E-state index in [-0.39, 0.29) is 17.7 Å². The summed E-state index contributed by atoms with van der Waals surface area (Å²) in [5.74, 6) is 0.124. The summed E-state index contributed by atoms with van der Waals surface area (Å²) in [6.45, 7) is 4.68. The van der Waals surface area contributed by atoms with Crippen molar-refractivity contribution in [1.82, 2.24) is 4.90 Å². The van der Waals surface area contributed by atoms with Crippen LogP contribution in [-0.2, 0) is 14.3 Å².